The van der Waals surface area contributed by atoms with E-state index in [1.165, 1.54) is 10.5 Å². The van der Waals surface area contributed by atoms with E-state index in [9.17, 15) is 0 Å². The van der Waals surface area contributed by atoms with Crippen LogP contribution in [0.25, 0.3) is 0 Å². The van der Waals surface area contributed by atoms with Gasteiger partial charge in [-0.25, -0.2) is 0 Å². The minimum absolute atomic E-state index is 0.543. The Hall–Kier alpha value is -0.910. The monoisotopic (exact) mass is 247 g/mol. The first-order valence-corrected chi connectivity index (χ1v) is 7.01. The van der Waals surface area contributed by atoms with E-state index in [0.29, 0.717) is 6.04 Å². The standard InChI is InChI=1S/C15H21NS/c1-4-5-6-9-14(16-3)12-17-15-10-7-8-13(2)11-15/h7-8,10-11,14,16H,6,9,12H2,1-3H3. The third-order valence-corrected chi connectivity index (χ3v) is 3.80. The van der Waals surface area contributed by atoms with Crippen molar-refractivity contribution >= 4 is 11.8 Å². The number of rotatable bonds is 6. The molecule has 1 N–H and O–H groups in total. The quantitative estimate of drug-likeness (QED) is 0.610. The maximum Gasteiger partial charge on any atom is 0.0167 e. The lowest BCUT2D eigenvalue weighted by Gasteiger charge is -2.14. The third kappa shape index (κ3) is 5.81. The molecule has 0 aliphatic heterocycles. The van der Waals surface area contributed by atoms with Crippen LogP contribution >= 0.6 is 11.8 Å². The third-order valence-electron chi connectivity index (χ3n) is 2.64. The van der Waals surface area contributed by atoms with Gasteiger partial charge in [0.1, 0.15) is 0 Å². The Bertz CT molecular complexity index is 389. The molecule has 17 heavy (non-hydrogen) atoms. The molecule has 1 rings (SSSR count). The molecule has 0 bridgehead atoms. The van der Waals surface area contributed by atoms with Crippen LogP contribution < -0.4 is 5.32 Å². The highest BCUT2D eigenvalue weighted by Crippen LogP contribution is 2.20. The zero-order chi connectivity index (χ0) is 12.5. The van der Waals surface area contributed by atoms with Gasteiger partial charge in [-0.3, -0.25) is 0 Å². The summed E-state index contributed by atoms with van der Waals surface area (Å²) < 4.78 is 0. The van der Waals surface area contributed by atoms with Gasteiger partial charge in [-0.2, -0.15) is 0 Å². The first-order chi connectivity index (χ1) is 8.26. The fourth-order valence-electron chi connectivity index (χ4n) is 1.58. The largest absolute Gasteiger partial charge is 0.316 e. The van der Waals surface area contributed by atoms with Crippen LogP contribution in [0, 0.1) is 18.8 Å². The van der Waals surface area contributed by atoms with E-state index in [4.69, 9.17) is 0 Å². The van der Waals surface area contributed by atoms with Crippen molar-refractivity contribution in [3.63, 3.8) is 0 Å². The molecule has 0 aliphatic rings. The van der Waals surface area contributed by atoms with Crippen molar-refractivity contribution in [3.05, 3.63) is 29.8 Å². The van der Waals surface area contributed by atoms with Crippen molar-refractivity contribution < 1.29 is 0 Å². The van der Waals surface area contributed by atoms with E-state index in [1.54, 1.807) is 0 Å². The first kappa shape index (κ1) is 14.2. The predicted molar refractivity (Wildman–Crippen MR) is 77.4 cm³/mol. The summed E-state index contributed by atoms with van der Waals surface area (Å²) in [4.78, 5) is 1.35. The van der Waals surface area contributed by atoms with Crippen molar-refractivity contribution in [1.82, 2.24) is 5.32 Å². The van der Waals surface area contributed by atoms with E-state index < -0.39 is 0 Å². The van der Waals surface area contributed by atoms with Crippen LogP contribution in [0.1, 0.15) is 25.3 Å². The number of hydrogen-bond acceptors (Lipinski definition) is 2. The summed E-state index contributed by atoms with van der Waals surface area (Å²) in [6, 6.07) is 9.21. The Labute approximate surface area is 109 Å². The maximum absolute atomic E-state index is 3.36. The lowest BCUT2D eigenvalue weighted by molar-refractivity contribution is 0.582. The van der Waals surface area contributed by atoms with Crippen LogP contribution in [0.5, 0.6) is 0 Å². The summed E-state index contributed by atoms with van der Waals surface area (Å²) in [5.41, 5.74) is 1.33. The lowest BCUT2D eigenvalue weighted by atomic mass is 10.2. The molecule has 0 saturated carbocycles. The highest BCUT2D eigenvalue weighted by atomic mass is 32.2. The molecule has 92 valence electrons. The van der Waals surface area contributed by atoms with E-state index in [0.717, 1.165) is 18.6 Å². The van der Waals surface area contributed by atoms with Crippen LogP contribution in [0.4, 0.5) is 0 Å². The Morgan fingerprint density at radius 3 is 2.88 bits per heavy atom. The van der Waals surface area contributed by atoms with Gasteiger partial charge in [-0.1, -0.05) is 17.7 Å². The van der Waals surface area contributed by atoms with Crippen molar-refractivity contribution in [1.29, 1.82) is 0 Å². The van der Waals surface area contributed by atoms with Crippen LogP contribution in [0.15, 0.2) is 29.2 Å². The van der Waals surface area contributed by atoms with E-state index in [1.807, 2.05) is 25.7 Å². The Morgan fingerprint density at radius 1 is 1.41 bits per heavy atom. The van der Waals surface area contributed by atoms with Gasteiger partial charge in [0.25, 0.3) is 0 Å². The predicted octanol–water partition coefficient (Wildman–Crippen LogP) is 3.48. The molecule has 2 heteroatoms. The van der Waals surface area contributed by atoms with Crippen LogP contribution in [-0.2, 0) is 0 Å². The number of nitrogens with one attached hydrogen (secondary N) is 1. The molecule has 0 spiro atoms. The second-order valence-corrected chi connectivity index (χ2v) is 5.17. The van der Waals surface area contributed by atoms with Crippen molar-refractivity contribution in [3.8, 4) is 11.8 Å². The molecule has 1 aromatic carbocycles. The first-order valence-electron chi connectivity index (χ1n) is 6.02. The number of thioether (sulfide) groups is 1. The molecule has 1 aromatic rings. The summed E-state index contributed by atoms with van der Waals surface area (Å²) in [6.07, 6.45) is 2.10. The van der Waals surface area contributed by atoms with Gasteiger partial charge in [0.2, 0.25) is 0 Å². The molecule has 0 saturated heterocycles. The molecule has 0 aromatic heterocycles. The molecule has 0 fully saturated rings. The molecule has 1 atom stereocenters. The second-order valence-electron chi connectivity index (χ2n) is 4.08. The smallest absolute Gasteiger partial charge is 0.0167 e. The number of hydrogen-bond donors (Lipinski definition) is 1. The molecule has 0 aliphatic carbocycles. The fourth-order valence-corrected chi connectivity index (χ4v) is 2.76. The number of benzene rings is 1. The fraction of sp³-hybridized carbons (Fsp3) is 0.467. The Morgan fingerprint density at radius 2 is 2.24 bits per heavy atom. The van der Waals surface area contributed by atoms with Crippen LogP contribution in [-0.4, -0.2) is 18.8 Å². The molecule has 0 heterocycles. The highest BCUT2D eigenvalue weighted by Gasteiger charge is 2.05. The zero-order valence-electron chi connectivity index (χ0n) is 10.9. The van der Waals surface area contributed by atoms with Crippen molar-refractivity contribution in [2.24, 2.45) is 0 Å². The molecular weight excluding hydrogens is 226 g/mol. The van der Waals surface area contributed by atoms with Gasteiger partial charge in [-0.05, 0) is 39.4 Å². The van der Waals surface area contributed by atoms with Crippen molar-refractivity contribution in [2.45, 2.75) is 37.6 Å². The summed E-state index contributed by atoms with van der Waals surface area (Å²) in [5, 5.41) is 3.36. The van der Waals surface area contributed by atoms with Gasteiger partial charge < -0.3 is 5.32 Å². The van der Waals surface area contributed by atoms with Gasteiger partial charge in [0.05, 0.1) is 0 Å². The molecule has 1 nitrogen and oxygen atoms in total. The number of aryl methyl sites for hydroxylation is 1. The zero-order valence-corrected chi connectivity index (χ0v) is 11.7. The van der Waals surface area contributed by atoms with E-state index in [2.05, 4.69) is 48.3 Å². The maximum atomic E-state index is 3.36. The molecule has 0 radical (unpaired) electrons. The normalized spacial score (nSPS) is 11.7. The summed E-state index contributed by atoms with van der Waals surface area (Å²) >= 11 is 1.91. The SMILES string of the molecule is CC#CCCC(CSc1cccc(C)c1)NC. The molecule has 0 amide bonds. The average molecular weight is 247 g/mol. The van der Waals surface area contributed by atoms with Crippen molar-refractivity contribution in [2.75, 3.05) is 12.8 Å². The summed E-state index contributed by atoms with van der Waals surface area (Å²) in [7, 11) is 2.03. The van der Waals surface area contributed by atoms with E-state index >= 15 is 0 Å². The van der Waals surface area contributed by atoms with E-state index in [-0.39, 0.29) is 0 Å². The Balaban J connectivity index is 2.38. The minimum atomic E-state index is 0.543. The minimum Gasteiger partial charge on any atom is -0.316 e. The molecular formula is C15H21NS. The second kappa shape index (κ2) is 8.22. The molecule has 1 unspecified atom stereocenters. The van der Waals surface area contributed by atoms with Crippen LogP contribution in [0.3, 0.4) is 0 Å². The van der Waals surface area contributed by atoms with Crippen LogP contribution in [0.2, 0.25) is 0 Å². The topological polar surface area (TPSA) is 12.0 Å². The average Bonchev–Trinajstić information content (AvgIpc) is 2.34. The summed E-state index contributed by atoms with van der Waals surface area (Å²) in [6.45, 7) is 4.03. The van der Waals surface area contributed by atoms with Gasteiger partial charge in [-0.15, -0.1) is 23.6 Å². The Kier molecular flexibility index (Phi) is 6.84. The van der Waals surface area contributed by atoms with Gasteiger partial charge in [0.15, 0.2) is 0 Å². The summed E-state index contributed by atoms with van der Waals surface area (Å²) in [5.74, 6) is 7.17. The highest BCUT2D eigenvalue weighted by molar-refractivity contribution is 7.99. The van der Waals surface area contributed by atoms with Gasteiger partial charge in [0, 0.05) is 23.1 Å². The lowest BCUT2D eigenvalue weighted by Crippen LogP contribution is -2.27. The van der Waals surface area contributed by atoms with Gasteiger partial charge >= 0.3 is 0 Å².